The van der Waals surface area contributed by atoms with Crippen molar-refractivity contribution in [2.75, 3.05) is 12.4 Å². The van der Waals surface area contributed by atoms with Crippen molar-refractivity contribution in [1.82, 2.24) is 0 Å². The average Bonchev–Trinajstić information content (AvgIpc) is 3.09. The van der Waals surface area contributed by atoms with E-state index in [-0.39, 0.29) is 23.0 Å². The molecule has 1 aliphatic rings. The molecule has 2 atom stereocenters. The number of hydrogen-bond acceptors (Lipinski definition) is 4. The van der Waals surface area contributed by atoms with Crippen molar-refractivity contribution in [1.29, 1.82) is 0 Å². The first kappa shape index (κ1) is 21.1. The number of carboxylic acid groups (broad SMARTS) is 1. The van der Waals surface area contributed by atoms with Gasteiger partial charge in [0, 0.05) is 5.75 Å². The Kier molecular flexibility index (Phi) is 6.65. The topological polar surface area (TPSA) is 55.8 Å². The zero-order valence-corrected chi connectivity index (χ0v) is 18.4. The molecular formula is C22H28O4SSi. The van der Waals surface area contributed by atoms with Gasteiger partial charge in [-0.1, -0.05) is 81.4 Å². The van der Waals surface area contributed by atoms with Gasteiger partial charge >= 0.3 is 5.97 Å². The lowest BCUT2D eigenvalue weighted by molar-refractivity contribution is -0.139. The molecule has 28 heavy (non-hydrogen) atoms. The fourth-order valence-electron chi connectivity index (χ4n) is 3.85. The van der Waals surface area contributed by atoms with E-state index in [9.17, 15) is 4.79 Å². The van der Waals surface area contributed by atoms with Crippen molar-refractivity contribution in [3.05, 3.63) is 60.7 Å². The second kappa shape index (κ2) is 8.82. The lowest BCUT2D eigenvalue weighted by atomic mass is 10.2. The molecule has 1 saturated heterocycles. The predicted molar refractivity (Wildman–Crippen MR) is 117 cm³/mol. The Balaban J connectivity index is 1.90. The van der Waals surface area contributed by atoms with Crippen LogP contribution in [0.2, 0.25) is 5.04 Å². The van der Waals surface area contributed by atoms with Crippen LogP contribution in [-0.4, -0.2) is 43.3 Å². The van der Waals surface area contributed by atoms with Crippen molar-refractivity contribution in [3.63, 3.8) is 0 Å². The van der Waals surface area contributed by atoms with Gasteiger partial charge in [0.2, 0.25) is 0 Å². The highest BCUT2D eigenvalue weighted by Crippen LogP contribution is 2.38. The number of ether oxygens (including phenoxy) is 1. The Morgan fingerprint density at radius 1 is 1.11 bits per heavy atom. The monoisotopic (exact) mass is 416 g/mol. The van der Waals surface area contributed by atoms with Crippen LogP contribution in [0.25, 0.3) is 0 Å². The molecule has 0 bridgehead atoms. The summed E-state index contributed by atoms with van der Waals surface area (Å²) in [5.74, 6) is -0.125. The molecule has 3 rings (SSSR count). The Labute approximate surface area is 172 Å². The van der Waals surface area contributed by atoms with Crippen LogP contribution in [0.1, 0.15) is 27.2 Å². The summed E-state index contributed by atoms with van der Waals surface area (Å²) in [6, 6.07) is 21.0. The van der Waals surface area contributed by atoms with E-state index in [0.29, 0.717) is 12.4 Å². The molecule has 150 valence electrons. The zero-order valence-electron chi connectivity index (χ0n) is 16.6. The van der Waals surface area contributed by atoms with Crippen LogP contribution in [0.3, 0.4) is 0 Å². The highest BCUT2D eigenvalue weighted by Gasteiger charge is 2.50. The smallest absolute Gasteiger partial charge is 0.306 e. The van der Waals surface area contributed by atoms with Crippen molar-refractivity contribution in [3.8, 4) is 0 Å². The van der Waals surface area contributed by atoms with Gasteiger partial charge in [-0.05, 0) is 15.4 Å². The molecule has 1 fully saturated rings. The van der Waals surface area contributed by atoms with E-state index in [1.54, 1.807) is 11.8 Å². The molecule has 0 saturated carbocycles. The summed E-state index contributed by atoms with van der Waals surface area (Å²) >= 11 is 1.65. The quantitative estimate of drug-likeness (QED) is 0.700. The number of aliphatic carboxylic acids is 1. The molecule has 0 spiro atoms. The van der Waals surface area contributed by atoms with Crippen LogP contribution in [0, 0.1) is 0 Å². The molecule has 0 aliphatic carbocycles. The van der Waals surface area contributed by atoms with Gasteiger partial charge in [-0.15, -0.1) is 11.8 Å². The highest BCUT2D eigenvalue weighted by molar-refractivity contribution is 8.00. The average molecular weight is 417 g/mol. The molecule has 1 aliphatic heterocycles. The fourth-order valence-corrected chi connectivity index (χ4v) is 9.56. The summed E-state index contributed by atoms with van der Waals surface area (Å²) in [5, 5.41) is 11.4. The minimum absolute atomic E-state index is 0.0444. The van der Waals surface area contributed by atoms with Gasteiger partial charge in [0.25, 0.3) is 8.32 Å². The van der Waals surface area contributed by atoms with Gasteiger partial charge in [-0.3, -0.25) is 4.79 Å². The maximum absolute atomic E-state index is 11.0. The number of hydrogen-bond donors (Lipinski definition) is 1. The normalized spacial score (nSPS) is 20.2. The molecule has 0 amide bonds. The maximum Gasteiger partial charge on any atom is 0.306 e. The SMILES string of the molecule is CC(C)(C)[Si](OC[C@H]1OC(CC(=O)O)CS1)(c1ccccc1)c1ccccc1. The van der Waals surface area contributed by atoms with E-state index in [4.69, 9.17) is 14.3 Å². The first-order chi connectivity index (χ1) is 13.3. The summed E-state index contributed by atoms with van der Waals surface area (Å²) in [5.41, 5.74) is -0.133. The predicted octanol–water partition coefficient (Wildman–Crippen LogP) is 3.50. The number of rotatable bonds is 7. The molecule has 0 radical (unpaired) electrons. The van der Waals surface area contributed by atoms with Gasteiger partial charge in [-0.2, -0.15) is 0 Å². The van der Waals surface area contributed by atoms with Gasteiger partial charge in [0.05, 0.1) is 19.1 Å². The number of benzene rings is 2. The van der Waals surface area contributed by atoms with Crippen LogP contribution in [0.4, 0.5) is 0 Å². The first-order valence-corrected chi connectivity index (χ1v) is 12.5. The van der Waals surface area contributed by atoms with Crippen LogP contribution >= 0.6 is 11.8 Å². The van der Waals surface area contributed by atoms with Gasteiger partial charge in [-0.25, -0.2) is 0 Å². The van der Waals surface area contributed by atoms with E-state index < -0.39 is 14.3 Å². The van der Waals surface area contributed by atoms with Gasteiger partial charge in [0.15, 0.2) is 0 Å². The molecule has 4 nitrogen and oxygen atoms in total. The summed E-state index contributed by atoms with van der Waals surface area (Å²) in [6.07, 6.45) is -0.196. The second-order valence-corrected chi connectivity index (χ2v) is 13.6. The van der Waals surface area contributed by atoms with Crippen molar-refractivity contribution < 1.29 is 19.1 Å². The van der Waals surface area contributed by atoms with Crippen LogP contribution < -0.4 is 10.4 Å². The summed E-state index contributed by atoms with van der Waals surface area (Å²) in [7, 11) is -2.58. The largest absolute Gasteiger partial charge is 0.481 e. The van der Waals surface area contributed by atoms with Crippen LogP contribution in [0.5, 0.6) is 0 Å². The molecule has 6 heteroatoms. The molecule has 1 heterocycles. The second-order valence-electron chi connectivity index (χ2n) is 8.09. The number of carboxylic acids is 1. The zero-order chi connectivity index (χ0) is 20.2. The maximum atomic E-state index is 11.0. The van der Waals surface area contributed by atoms with E-state index >= 15 is 0 Å². The number of thioether (sulfide) groups is 1. The molecule has 0 aromatic heterocycles. The molecule has 1 unspecified atom stereocenters. The molecular weight excluding hydrogens is 388 g/mol. The van der Waals surface area contributed by atoms with Crippen LogP contribution in [-0.2, 0) is 14.0 Å². The minimum Gasteiger partial charge on any atom is -0.481 e. The van der Waals surface area contributed by atoms with E-state index in [1.807, 2.05) is 12.1 Å². The van der Waals surface area contributed by atoms with E-state index in [2.05, 4.69) is 69.3 Å². The van der Waals surface area contributed by atoms with Crippen molar-refractivity contribution in [2.24, 2.45) is 0 Å². The summed E-state index contributed by atoms with van der Waals surface area (Å²) in [4.78, 5) is 11.0. The fraction of sp³-hybridized carbons (Fsp3) is 0.409. The molecule has 1 N–H and O–H groups in total. The molecule has 2 aromatic carbocycles. The van der Waals surface area contributed by atoms with Crippen molar-refractivity contribution in [2.45, 2.75) is 43.8 Å². The van der Waals surface area contributed by atoms with E-state index in [1.165, 1.54) is 10.4 Å². The minimum atomic E-state index is -2.58. The van der Waals surface area contributed by atoms with Gasteiger partial charge < -0.3 is 14.3 Å². The summed E-state index contributed by atoms with van der Waals surface area (Å²) in [6.45, 7) is 7.19. The summed E-state index contributed by atoms with van der Waals surface area (Å²) < 4.78 is 12.8. The highest BCUT2D eigenvalue weighted by atomic mass is 32.2. The third kappa shape index (κ3) is 4.51. The number of carbonyl (C=O) groups is 1. The Bertz CT molecular complexity index is 737. The lowest BCUT2D eigenvalue weighted by Gasteiger charge is -2.43. The van der Waals surface area contributed by atoms with E-state index in [0.717, 1.165) is 0 Å². The van der Waals surface area contributed by atoms with Crippen LogP contribution in [0.15, 0.2) is 60.7 Å². The standard InChI is InChI=1S/C22H28O4SSi/c1-22(2,3)28(18-10-6-4-7-11-18,19-12-8-5-9-13-19)25-15-21-26-17(16-27-21)14-20(23)24/h4-13,17,21H,14-16H2,1-3H3,(H,23,24)/t17?,21-/m0/s1. The Morgan fingerprint density at radius 2 is 1.64 bits per heavy atom. The molecule has 2 aromatic rings. The first-order valence-electron chi connectivity index (χ1n) is 9.57. The van der Waals surface area contributed by atoms with Crippen molar-refractivity contribution >= 4 is 36.4 Å². The Hall–Kier alpha value is -1.60. The third-order valence-electron chi connectivity index (χ3n) is 5.07. The Morgan fingerprint density at radius 3 is 2.11 bits per heavy atom. The van der Waals surface area contributed by atoms with Gasteiger partial charge in [0.1, 0.15) is 5.44 Å². The third-order valence-corrected chi connectivity index (χ3v) is 11.3. The lowest BCUT2D eigenvalue weighted by Crippen LogP contribution is -2.67.